The number of anilines is 2. The molecule has 39 heavy (non-hydrogen) atoms. The molecule has 216 valence electrons. The molecule has 2 aromatic rings. The lowest BCUT2D eigenvalue weighted by Gasteiger charge is -2.29. The molecule has 0 radical (unpaired) electrons. The number of benzene rings is 1. The third-order valence-electron chi connectivity index (χ3n) is 7.63. The zero-order valence-corrected chi connectivity index (χ0v) is 24.8. The molecule has 9 nitrogen and oxygen atoms in total. The first-order valence-electron chi connectivity index (χ1n) is 14.8. The number of nitrogens with two attached hydrogens (primary N) is 1. The number of nitrogen functional groups attached to an aromatic ring is 1. The van der Waals surface area contributed by atoms with Gasteiger partial charge in [-0.1, -0.05) is 65.3 Å². The Labute approximate surface area is 235 Å². The lowest BCUT2D eigenvalue weighted by molar-refractivity contribution is -0.117. The van der Waals surface area contributed by atoms with Crippen molar-refractivity contribution in [3.05, 3.63) is 41.0 Å². The second kappa shape index (κ2) is 15.7. The fourth-order valence-electron chi connectivity index (χ4n) is 4.87. The van der Waals surface area contributed by atoms with Crippen molar-refractivity contribution in [3.63, 3.8) is 0 Å². The maximum Gasteiger partial charge on any atom is 0.320 e. The molecule has 2 N–H and O–H groups in total. The minimum atomic E-state index is -0.0141. The quantitative estimate of drug-likeness (QED) is 0.286. The average molecular weight is 540 g/mol. The molecule has 0 bridgehead atoms. The number of carbonyl (C=O) groups excluding carboxylic acids is 1. The number of rotatable bonds is 18. The molecule has 1 aliphatic heterocycles. The summed E-state index contributed by atoms with van der Waals surface area (Å²) < 4.78 is 5.69. The molecule has 0 aliphatic carbocycles. The number of aromatic nitrogens is 2. The SMILES string of the molecule is CCCCOc1nc(N)c2c(n1)N(Cc1ccc(CN(CCN(CC)CC)CCN(CC)CC)cc1)C(=O)C2. The number of hydrogen-bond donors (Lipinski definition) is 1. The number of likely N-dealkylation sites (N-methyl/N-ethyl adjacent to an activating group) is 2. The van der Waals surface area contributed by atoms with Crippen molar-refractivity contribution >= 4 is 17.5 Å². The second-order valence-corrected chi connectivity index (χ2v) is 10.2. The summed E-state index contributed by atoms with van der Waals surface area (Å²) in [5, 5.41) is 0. The van der Waals surface area contributed by atoms with Crippen molar-refractivity contribution in [2.45, 2.75) is 67.0 Å². The van der Waals surface area contributed by atoms with E-state index in [2.05, 4.69) is 83.6 Å². The van der Waals surface area contributed by atoms with Crippen LogP contribution in [0, 0.1) is 0 Å². The van der Waals surface area contributed by atoms with Gasteiger partial charge in [-0.15, -0.1) is 0 Å². The van der Waals surface area contributed by atoms with Crippen LogP contribution in [0.25, 0.3) is 0 Å². The van der Waals surface area contributed by atoms with E-state index in [-0.39, 0.29) is 18.3 Å². The smallest absolute Gasteiger partial charge is 0.320 e. The van der Waals surface area contributed by atoms with E-state index in [1.54, 1.807) is 4.90 Å². The highest BCUT2D eigenvalue weighted by molar-refractivity contribution is 6.01. The molecule has 1 amide bonds. The summed E-state index contributed by atoms with van der Waals surface area (Å²) in [5.74, 6) is 0.883. The summed E-state index contributed by atoms with van der Waals surface area (Å²) in [7, 11) is 0. The number of amides is 1. The van der Waals surface area contributed by atoms with Crippen LogP contribution in [-0.2, 0) is 24.3 Å². The number of nitrogens with zero attached hydrogens (tertiary/aromatic N) is 6. The average Bonchev–Trinajstić information content (AvgIpc) is 3.26. The molecule has 0 atom stereocenters. The van der Waals surface area contributed by atoms with Crippen molar-refractivity contribution < 1.29 is 9.53 Å². The van der Waals surface area contributed by atoms with Gasteiger partial charge in [0.25, 0.3) is 0 Å². The first kappa shape index (κ1) is 30.8. The van der Waals surface area contributed by atoms with E-state index in [0.717, 1.165) is 77.3 Å². The Morgan fingerprint density at radius 2 is 1.41 bits per heavy atom. The van der Waals surface area contributed by atoms with Gasteiger partial charge in [-0.3, -0.25) is 14.6 Å². The van der Waals surface area contributed by atoms with Crippen molar-refractivity contribution in [3.8, 4) is 6.01 Å². The summed E-state index contributed by atoms with van der Waals surface area (Å²) in [4.78, 5) is 30.9. The lowest BCUT2D eigenvalue weighted by Crippen LogP contribution is -2.39. The third kappa shape index (κ3) is 8.88. The summed E-state index contributed by atoms with van der Waals surface area (Å²) in [6, 6.07) is 8.86. The molecular weight excluding hydrogens is 490 g/mol. The Bertz CT molecular complexity index is 1010. The van der Waals surface area contributed by atoms with E-state index in [4.69, 9.17) is 10.5 Å². The van der Waals surface area contributed by atoms with Crippen LogP contribution in [0.5, 0.6) is 6.01 Å². The zero-order valence-electron chi connectivity index (χ0n) is 24.8. The first-order valence-corrected chi connectivity index (χ1v) is 14.8. The molecule has 0 spiro atoms. The van der Waals surface area contributed by atoms with E-state index in [0.29, 0.717) is 30.4 Å². The topological polar surface area (TPSA) is 91.1 Å². The van der Waals surface area contributed by atoms with Gasteiger partial charge in [0.15, 0.2) is 0 Å². The molecular formula is C30H49N7O2. The molecule has 9 heteroatoms. The minimum absolute atomic E-state index is 0.0141. The van der Waals surface area contributed by atoms with Gasteiger partial charge in [0.05, 0.1) is 19.6 Å². The summed E-state index contributed by atoms with van der Waals surface area (Å²) in [5.41, 5.74) is 9.19. The fourth-order valence-corrected chi connectivity index (χ4v) is 4.87. The van der Waals surface area contributed by atoms with Crippen LogP contribution in [-0.4, -0.2) is 89.5 Å². The molecule has 3 rings (SSSR count). The molecule has 0 unspecified atom stereocenters. The molecule has 0 fully saturated rings. The Morgan fingerprint density at radius 3 is 1.97 bits per heavy atom. The van der Waals surface area contributed by atoms with E-state index in [1.807, 2.05) is 0 Å². The Hall–Kier alpha value is -2.75. The van der Waals surface area contributed by atoms with Gasteiger partial charge < -0.3 is 20.3 Å². The van der Waals surface area contributed by atoms with Crippen LogP contribution < -0.4 is 15.4 Å². The van der Waals surface area contributed by atoms with Crippen molar-refractivity contribution in [1.82, 2.24) is 24.7 Å². The van der Waals surface area contributed by atoms with Crippen molar-refractivity contribution in [1.29, 1.82) is 0 Å². The number of hydrogen-bond acceptors (Lipinski definition) is 8. The second-order valence-electron chi connectivity index (χ2n) is 10.2. The van der Waals surface area contributed by atoms with Crippen LogP contribution in [0.3, 0.4) is 0 Å². The van der Waals surface area contributed by atoms with Gasteiger partial charge in [0, 0.05) is 38.3 Å². The van der Waals surface area contributed by atoms with Gasteiger partial charge in [-0.05, 0) is 43.7 Å². The molecule has 1 aliphatic rings. The molecule has 1 aromatic heterocycles. The summed E-state index contributed by atoms with van der Waals surface area (Å²) in [6.07, 6.45) is 2.16. The van der Waals surface area contributed by atoms with Gasteiger partial charge in [-0.25, -0.2) is 0 Å². The van der Waals surface area contributed by atoms with Crippen LogP contribution in [0.4, 0.5) is 11.6 Å². The molecule has 2 heterocycles. The van der Waals surface area contributed by atoms with Gasteiger partial charge in [0.2, 0.25) is 5.91 Å². The van der Waals surface area contributed by atoms with Crippen LogP contribution >= 0.6 is 0 Å². The highest BCUT2D eigenvalue weighted by Crippen LogP contribution is 2.33. The predicted molar refractivity (Wildman–Crippen MR) is 159 cm³/mol. The van der Waals surface area contributed by atoms with E-state index in [1.165, 1.54) is 5.56 Å². The van der Waals surface area contributed by atoms with E-state index in [9.17, 15) is 4.79 Å². The van der Waals surface area contributed by atoms with Gasteiger partial charge in [0.1, 0.15) is 11.6 Å². The largest absolute Gasteiger partial charge is 0.463 e. The molecule has 0 saturated carbocycles. The maximum absolute atomic E-state index is 12.9. The monoisotopic (exact) mass is 539 g/mol. The Balaban J connectivity index is 1.67. The van der Waals surface area contributed by atoms with Crippen LogP contribution in [0.1, 0.15) is 64.2 Å². The van der Waals surface area contributed by atoms with Crippen LogP contribution in [0.15, 0.2) is 24.3 Å². The molecule has 1 aromatic carbocycles. The van der Waals surface area contributed by atoms with Gasteiger partial charge >= 0.3 is 6.01 Å². The standard InChI is InChI=1S/C30H49N7O2/c1-6-11-20-39-30-32-28(31)26-21-27(38)37(29(26)33-30)23-25-14-12-24(13-15-25)22-36(18-16-34(7-2)8-3)19-17-35(9-4)10-5/h12-15H,6-11,16-23H2,1-5H3,(H2,31,32,33). The number of ether oxygens (including phenoxy) is 1. The minimum Gasteiger partial charge on any atom is -0.463 e. The molecule has 0 saturated heterocycles. The Morgan fingerprint density at radius 1 is 0.846 bits per heavy atom. The summed E-state index contributed by atoms with van der Waals surface area (Å²) in [6.45, 7) is 21.5. The normalized spacial score (nSPS) is 13.2. The highest BCUT2D eigenvalue weighted by Gasteiger charge is 2.32. The Kier molecular flexibility index (Phi) is 12.4. The predicted octanol–water partition coefficient (Wildman–Crippen LogP) is 3.81. The third-order valence-corrected chi connectivity index (χ3v) is 7.63. The van der Waals surface area contributed by atoms with Gasteiger partial charge in [-0.2, -0.15) is 9.97 Å². The lowest BCUT2D eigenvalue weighted by atomic mass is 10.1. The van der Waals surface area contributed by atoms with E-state index >= 15 is 0 Å². The summed E-state index contributed by atoms with van der Waals surface area (Å²) >= 11 is 0. The maximum atomic E-state index is 12.9. The zero-order chi connectivity index (χ0) is 28.2. The first-order chi connectivity index (χ1) is 18.9. The van der Waals surface area contributed by atoms with Crippen molar-refractivity contribution in [2.24, 2.45) is 0 Å². The van der Waals surface area contributed by atoms with Crippen molar-refractivity contribution in [2.75, 3.05) is 69.6 Å². The highest BCUT2D eigenvalue weighted by atomic mass is 16.5. The van der Waals surface area contributed by atoms with Crippen LogP contribution in [0.2, 0.25) is 0 Å². The number of unbranched alkanes of at least 4 members (excludes halogenated alkanes) is 1. The number of carbonyl (C=O) groups is 1. The van der Waals surface area contributed by atoms with E-state index < -0.39 is 0 Å². The fraction of sp³-hybridized carbons (Fsp3) is 0.633. The number of fused-ring (bicyclic) bond motifs is 1.